The van der Waals surface area contributed by atoms with Gasteiger partial charge in [-0.2, -0.15) is 0 Å². The average molecular weight is 191 g/mol. The first kappa shape index (κ1) is 9.67. The van der Waals surface area contributed by atoms with E-state index in [1.807, 2.05) is 0 Å². The second-order valence-corrected chi connectivity index (χ2v) is 5.31. The SMILES string of the molecule is NCCC1CCS(=O)(=O)CC1=O. The minimum absolute atomic E-state index is 0.112. The van der Waals surface area contributed by atoms with Gasteiger partial charge in [0.25, 0.3) is 0 Å². The van der Waals surface area contributed by atoms with Crippen molar-refractivity contribution in [2.24, 2.45) is 11.7 Å². The molecule has 70 valence electrons. The summed E-state index contributed by atoms with van der Waals surface area (Å²) >= 11 is 0. The van der Waals surface area contributed by atoms with Crippen molar-refractivity contribution < 1.29 is 13.2 Å². The van der Waals surface area contributed by atoms with Crippen LogP contribution in [0.4, 0.5) is 0 Å². The minimum atomic E-state index is -3.07. The van der Waals surface area contributed by atoms with Gasteiger partial charge >= 0.3 is 0 Å². The Morgan fingerprint density at radius 3 is 2.67 bits per heavy atom. The number of carbonyl (C=O) groups excluding carboxylic acids is 1. The fraction of sp³-hybridized carbons (Fsp3) is 0.857. The molecule has 0 aromatic rings. The van der Waals surface area contributed by atoms with E-state index in [4.69, 9.17) is 5.73 Å². The van der Waals surface area contributed by atoms with E-state index in [9.17, 15) is 13.2 Å². The Kier molecular flexibility index (Phi) is 2.85. The van der Waals surface area contributed by atoms with Crippen molar-refractivity contribution in [3.05, 3.63) is 0 Å². The van der Waals surface area contributed by atoms with E-state index >= 15 is 0 Å². The van der Waals surface area contributed by atoms with Crippen LogP contribution in [-0.2, 0) is 14.6 Å². The van der Waals surface area contributed by atoms with Crippen molar-refractivity contribution in [2.75, 3.05) is 18.1 Å². The maximum absolute atomic E-state index is 11.2. The van der Waals surface area contributed by atoms with E-state index in [1.54, 1.807) is 0 Å². The van der Waals surface area contributed by atoms with Crippen molar-refractivity contribution in [3.63, 3.8) is 0 Å². The molecule has 1 fully saturated rings. The first-order chi connectivity index (χ1) is 5.55. The smallest absolute Gasteiger partial charge is 0.157 e. The molecule has 1 heterocycles. The molecule has 0 aromatic heterocycles. The molecule has 0 amide bonds. The summed E-state index contributed by atoms with van der Waals surface area (Å²) in [6.45, 7) is 0.455. The Hall–Kier alpha value is -0.420. The lowest BCUT2D eigenvalue weighted by Crippen LogP contribution is -2.33. The molecule has 0 spiro atoms. The number of hydrogen-bond donors (Lipinski definition) is 1. The van der Waals surface area contributed by atoms with E-state index in [0.29, 0.717) is 19.4 Å². The van der Waals surface area contributed by atoms with Gasteiger partial charge in [-0.05, 0) is 19.4 Å². The molecular weight excluding hydrogens is 178 g/mol. The maximum atomic E-state index is 11.2. The third kappa shape index (κ3) is 2.28. The number of Topliss-reactive ketones (excluding diaryl/α,β-unsaturated/α-hetero) is 1. The minimum Gasteiger partial charge on any atom is -0.330 e. The summed E-state index contributed by atoms with van der Waals surface area (Å²) in [6.07, 6.45) is 1.08. The van der Waals surface area contributed by atoms with Gasteiger partial charge in [-0.3, -0.25) is 4.79 Å². The summed E-state index contributed by atoms with van der Waals surface area (Å²) < 4.78 is 21.9. The molecule has 5 heteroatoms. The highest BCUT2D eigenvalue weighted by atomic mass is 32.2. The number of ketones is 1. The second-order valence-electron chi connectivity index (χ2n) is 3.12. The zero-order valence-corrected chi connectivity index (χ0v) is 7.64. The topological polar surface area (TPSA) is 77.2 Å². The van der Waals surface area contributed by atoms with Crippen LogP contribution in [0.3, 0.4) is 0 Å². The lowest BCUT2D eigenvalue weighted by atomic mass is 9.98. The van der Waals surface area contributed by atoms with Crippen LogP contribution >= 0.6 is 0 Å². The quantitative estimate of drug-likeness (QED) is 0.628. The van der Waals surface area contributed by atoms with Crippen molar-refractivity contribution in [2.45, 2.75) is 12.8 Å². The Labute approximate surface area is 72.0 Å². The van der Waals surface area contributed by atoms with E-state index in [1.165, 1.54) is 0 Å². The summed E-state index contributed by atoms with van der Waals surface area (Å²) in [5.41, 5.74) is 5.29. The van der Waals surface area contributed by atoms with Crippen molar-refractivity contribution >= 4 is 15.6 Å². The molecular formula is C7H13NO3S. The summed E-state index contributed by atoms with van der Waals surface area (Å²) in [7, 11) is -3.07. The van der Waals surface area contributed by atoms with Crippen LogP contribution in [0.2, 0.25) is 0 Å². The summed E-state index contributed by atoms with van der Waals surface area (Å²) in [4.78, 5) is 11.2. The van der Waals surface area contributed by atoms with E-state index in [-0.39, 0.29) is 23.2 Å². The highest BCUT2D eigenvalue weighted by Gasteiger charge is 2.30. The number of nitrogens with two attached hydrogens (primary N) is 1. The van der Waals surface area contributed by atoms with Crippen LogP contribution in [0.1, 0.15) is 12.8 Å². The van der Waals surface area contributed by atoms with Gasteiger partial charge in [0, 0.05) is 5.92 Å². The molecule has 2 N–H and O–H groups in total. The van der Waals surface area contributed by atoms with Crippen LogP contribution in [0.5, 0.6) is 0 Å². The molecule has 1 saturated heterocycles. The summed E-state index contributed by atoms with van der Waals surface area (Å²) in [5, 5.41) is 0. The zero-order chi connectivity index (χ0) is 9.19. The Morgan fingerprint density at radius 2 is 2.17 bits per heavy atom. The second kappa shape index (κ2) is 3.53. The van der Waals surface area contributed by atoms with Crippen molar-refractivity contribution in [3.8, 4) is 0 Å². The third-order valence-corrected chi connectivity index (χ3v) is 3.69. The van der Waals surface area contributed by atoms with E-state index in [0.717, 1.165) is 0 Å². The molecule has 0 bridgehead atoms. The van der Waals surface area contributed by atoms with Crippen LogP contribution in [0.15, 0.2) is 0 Å². The Balaban J connectivity index is 2.60. The van der Waals surface area contributed by atoms with Gasteiger partial charge in [-0.15, -0.1) is 0 Å². The van der Waals surface area contributed by atoms with E-state index in [2.05, 4.69) is 0 Å². The van der Waals surface area contributed by atoms with Gasteiger partial charge in [0.2, 0.25) is 0 Å². The van der Waals surface area contributed by atoms with Gasteiger partial charge in [0.1, 0.15) is 5.75 Å². The summed E-state index contributed by atoms with van der Waals surface area (Å²) in [6, 6.07) is 0. The molecule has 0 saturated carbocycles. The predicted octanol–water partition coefficient (Wildman–Crippen LogP) is -0.661. The average Bonchev–Trinajstić information content (AvgIpc) is 1.94. The molecule has 4 nitrogen and oxygen atoms in total. The molecule has 0 radical (unpaired) electrons. The van der Waals surface area contributed by atoms with Gasteiger partial charge < -0.3 is 5.73 Å². The predicted molar refractivity (Wildman–Crippen MR) is 45.4 cm³/mol. The highest BCUT2D eigenvalue weighted by Crippen LogP contribution is 2.17. The van der Waals surface area contributed by atoms with Gasteiger partial charge in [0.15, 0.2) is 15.6 Å². The molecule has 1 aliphatic heterocycles. The molecule has 1 rings (SSSR count). The maximum Gasteiger partial charge on any atom is 0.157 e. The monoisotopic (exact) mass is 191 g/mol. The largest absolute Gasteiger partial charge is 0.330 e. The Bertz CT molecular complexity index is 270. The molecule has 1 aliphatic rings. The standard InChI is InChI=1S/C7H13NO3S/c8-3-1-6-2-4-12(10,11)5-7(6)9/h6H,1-5,8H2. The molecule has 1 atom stereocenters. The van der Waals surface area contributed by atoms with Gasteiger partial charge in [-0.1, -0.05) is 0 Å². The molecule has 0 aromatic carbocycles. The molecule has 1 unspecified atom stereocenters. The first-order valence-corrected chi connectivity index (χ1v) is 5.80. The number of sulfone groups is 1. The van der Waals surface area contributed by atoms with Crippen LogP contribution in [0, 0.1) is 5.92 Å². The highest BCUT2D eigenvalue weighted by molar-refractivity contribution is 7.92. The molecule has 12 heavy (non-hydrogen) atoms. The van der Waals surface area contributed by atoms with Gasteiger partial charge in [-0.25, -0.2) is 8.42 Å². The molecule has 0 aliphatic carbocycles. The number of hydrogen-bond acceptors (Lipinski definition) is 4. The van der Waals surface area contributed by atoms with Crippen molar-refractivity contribution in [1.29, 1.82) is 0 Å². The third-order valence-electron chi connectivity index (χ3n) is 2.11. The first-order valence-electron chi connectivity index (χ1n) is 3.98. The van der Waals surface area contributed by atoms with Crippen molar-refractivity contribution in [1.82, 2.24) is 0 Å². The zero-order valence-electron chi connectivity index (χ0n) is 6.82. The number of carbonyl (C=O) groups is 1. The van der Waals surface area contributed by atoms with Crippen LogP contribution in [0.25, 0.3) is 0 Å². The van der Waals surface area contributed by atoms with E-state index < -0.39 is 9.84 Å². The summed E-state index contributed by atoms with van der Waals surface area (Å²) in [5.74, 6) is -0.411. The normalized spacial score (nSPS) is 28.8. The fourth-order valence-corrected chi connectivity index (χ4v) is 2.85. The lowest BCUT2D eigenvalue weighted by molar-refractivity contribution is -0.120. The fourth-order valence-electron chi connectivity index (χ4n) is 1.40. The lowest BCUT2D eigenvalue weighted by Gasteiger charge is -2.19. The van der Waals surface area contributed by atoms with Gasteiger partial charge in [0.05, 0.1) is 5.75 Å². The number of rotatable bonds is 2. The van der Waals surface area contributed by atoms with Crippen LogP contribution < -0.4 is 5.73 Å². The van der Waals surface area contributed by atoms with Crippen LogP contribution in [-0.4, -0.2) is 32.3 Å². The Morgan fingerprint density at radius 1 is 1.50 bits per heavy atom.